The van der Waals surface area contributed by atoms with Crippen molar-refractivity contribution in [3.8, 4) is 0 Å². The van der Waals surface area contributed by atoms with E-state index in [1.807, 2.05) is 30.3 Å². The topological polar surface area (TPSA) is 12.0 Å². The van der Waals surface area contributed by atoms with Crippen LogP contribution in [-0.2, 0) is 0 Å². The van der Waals surface area contributed by atoms with Crippen LogP contribution in [-0.4, -0.2) is 6.54 Å². The third-order valence-electron chi connectivity index (χ3n) is 1.74. The van der Waals surface area contributed by atoms with Crippen molar-refractivity contribution in [2.24, 2.45) is 0 Å². The second kappa shape index (κ2) is 5.65. The first-order valence-corrected chi connectivity index (χ1v) is 4.81. The van der Waals surface area contributed by atoms with Gasteiger partial charge in [0.05, 0.1) is 0 Å². The molecular weight excluding hydrogens is 182 g/mol. The van der Waals surface area contributed by atoms with Crippen molar-refractivity contribution in [2.45, 2.75) is 12.8 Å². The van der Waals surface area contributed by atoms with E-state index in [4.69, 9.17) is 11.6 Å². The second-order valence-corrected chi connectivity index (χ2v) is 3.30. The Labute approximate surface area is 84.4 Å². The SMILES string of the molecule is C=CCCCNc1cccc(Cl)c1. The molecule has 0 radical (unpaired) electrons. The van der Waals surface area contributed by atoms with Gasteiger partial charge in [-0.15, -0.1) is 6.58 Å². The molecule has 13 heavy (non-hydrogen) atoms. The lowest BCUT2D eigenvalue weighted by Crippen LogP contribution is -2.00. The number of hydrogen-bond donors (Lipinski definition) is 1. The fourth-order valence-electron chi connectivity index (χ4n) is 1.08. The third kappa shape index (κ3) is 4.00. The lowest BCUT2D eigenvalue weighted by atomic mass is 10.3. The Morgan fingerprint density at radius 2 is 2.31 bits per heavy atom. The first-order chi connectivity index (χ1) is 6.33. The molecule has 0 unspecified atom stereocenters. The smallest absolute Gasteiger partial charge is 0.0426 e. The average Bonchev–Trinajstić information content (AvgIpc) is 2.13. The molecular formula is C11H14ClN. The number of unbranched alkanes of at least 4 members (excludes halogenated alkanes) is 1. The molecule has 0 aliphatic rings. The van der Waals surface area contributed by atoms with Gasteiger partial charge in [-0.1, -0.05) is 23.7 Å². The monoisotopic (exact) mass is 195 g/mol. The predicted molar refractivity (Wildman–Crippen MR) is 59.4 cm³/mol. The van der Waals surface area contributed by atoms with Crippen LogP contribution >= 0.6 is 11.6 Å². The third-order valence-corrected chi connectivity index (χ3v) is 1.97. The van der Waals surface area contributed by atoms with Gasteiger partial charge in [0, 0.05) is 17.3 Å². The van der Waals surface area contributed by atoms with Gasteiger partial charge in [-0.2, -0.15) is 0 Å². The minimum absolute atomic E-state index is 0.772. The van der Waals surface area contributed by atoms with Gasteiger partial charge < -0.3 is 5.32 Å². The van der Waals surface area contributed by atoms with Gasteiger partial charge in [-0.25, -0.2) is 0 Å². The number of nitrogens with one attached hydrogen (secondary N) is 1. The van der Waals surface area contributed by atoms with Crippen molar-refractivity contribution in [1.82, 2.24) is 0 Å². The van der Waals surface area contributed by atoms with Crippen molar-refractivity contribution in [3.05, 3.63) is 41.9 Å². The van der Waals surface area contributed by atoms with Crippen molar-refractivity contribution < 1.29 is 0 Å². The fourth-order valence-corrected chi connectivity index (χ4v) is 1.27. The molecule has 0 bridgehead atoms. The lowest BCUT2D eigenvalue weighted by molar-refractivity contribution is 0.891. The number of anilines is 1. The van der Waals surface area contributed by atoms with Crippen LogP contribution in [0.4, 0.5) is 5.69 Å². The van der Waals surface area contributed by atoms with E-state index in [0.717, 1.165) is 30.1 Å². The first-order valence-electron chi connectivity index (χ1n) is 4.43. The summed E-state index contributed by atoms with van der Waals surface area (Å²) in [5.74, 6) is 0. The molecule has 1 N–H and O–H groups in total. The largest absolute Gasteiger partial charge is 0.385 e. The van der Waals surface area contributed by atoms with Gasteiger partial charge in [0.1, 0.15) is 0 Å². The maximum atomic E-state index is 5.83. The summed E-state index contributed by atoms with van der Waals surface area (Å²) in [4.78, 5) is 0. The normalized spacial score (nSPS) is 9.62. The molecule has 1 aromatic rings. The Bertz CT molecular complexity index is 271. The number of allylic oxidation sites excluding steroid dienone is 1. The maximum absolute atomic E-state index is 5.83. The van der Waals surface area contributed by atoms with Gasteiger partial charge in [-0.05, 0) is 31.0 Å². The number of benzene rings is 1. The Hall–Kier alpha value is -0.950. The second-order valence-electron chi connectivity index (χ2n) is 2.87. The summed E-state index contributed by atoms with van der Waals surface area (Å²) in [5.41, 5.74) is 1.08. The standard InChI is InChI=1S/C11H14ClN/c1-2-3-4-8-13-11-7-5-6-10(12)9-11/h2,5-7,9,13H,1,3-4,8H2. The summed E-state index contributed by atoms with van der Waals surface area (Å²) in [6, 6.07) is 7.75. The fraction of sp³-hybridized carbons (Fsp3) is 0.273. The highest BCUT2D eigenvalue weighted by Gasteiger charge is 1.91. The first kappa shape index (κ1) is 10.1. The summed E-state index contributed by atoms with van der Waals surface area (Å²) in [7, 11) is 0. The zero-order chi connectivity index (χ0) is 9.52. The molecule has 70 valence electrons. The van der Waals surface area contributed by atoms with E-state index >= 15 is 0 Å². The van der Waals surface area contributed by atoms with E-state index in [0.29, 0.717) is 0 Å². The molecule has 0 aliphatic heterocycles. The van der Waals surface area contributed by atoms with Crippen molar-refractivity contribution >= 4 is 17.3 Å². The van der Waals surface area contributed by atoms with Gasteiger partial charge in [-0.3, -0.25) is 0 Å². The van der Waals surface area contributed by atoms with Gasteiger partial charge in [0.15, 0.2) is 0 Å². The van der Waals surface area contributed by atoms with Gasteiger partial charge in [0.25, 0.3) is 0 Å². The van der Waals surface area contributed by atoms with E-state index in [9.17, 15) is 0 Å². The lowest BCUT2D eigenvalue weighted by Gasteiger charge is -2.04. The Morgan fingerprint density at radius 1 is 1.46 bits per heavy atom. The highest BCUT2D eigenvalue weighted by Crippen LogP contribution is 2.14. The minimum Gasteiger partial charge on any atom is -0.385 e. The van der Waals surface area contributed by atoms with E-state index in [2.05, 4.69) is 11.9 Å². The van der Waals surface area contributed by atoms with Crippen LogP contribution < -0.4 is 5.32 Å². The molecule has 0 heterocycles. The average molecular weight is 196 g/mol. The summed E-state index contributed by atoms with van der Waals surface area (Å²) in [6.45, 7) is 4.64. The van der Waals surface area contributed by atoms with Gasteiger partial charge in [0.2, 0.25) is 0 Å². The highest BCUT2D eigenvalue weighted by atomic mass is 35.5. The molecule has 1 nitrogen and oxygen atoms in total. The van der Waals surface area contributed by atoms with E-state index in [1.165, 1.54) is 0 Å². The molecule has 0 atom stereocenters. The number of rotatable bonds is 5. The predicted octanol–water partition coefficient (Wildman–Crippen LogP) is 3.72. The highest BCUT2D eigenvalue weighted by molar-refractivity contribution is 6.30. The molecule has 2 heteroatoms. The summed E-state index contributed by atoms with van der Waals surface area (Å²) < 4.78 is 0. The summed E-state index contributed by atoms with van der Waals surface area (Å²) in [6.07, 6.45) is 4.09. The van der Waals surface area contributed by atoms with Crippen LogP contribution in [0.15, 0.2) is 36.9 Å². The summed E-state index contributed by atoms with van der Waals surface area (Å²) >= 11 is 5.83. The van der Waals surface area contributed by atoms with Crippen LogP contribution in [0.2, 0.25) is 5.02 Å². The number of hydrogen-bond acceptors (Lipinski definition) is 1. The van der Waals surface area contributed by atoms with Gasteiger partial charge >= 0.3 is 0 Å². The Balaban J connectivity index is 2.32. The van der Waals surface area contributed by atoms with Crippen LogP contribution in [0.5, 0.6) is 0 Å². The van der Waals surface area contributed by atoms with Crippen LogP contribution in [0.25, 0.3) is 0 Å². The maximum Gasteiger partial charge on any atom is 0.0426 e. The molecule has 0 aliphatic carbocycles. The zero-order valence-corrected chi connectivity index (χ0v) is 8.35. The molecule has 0 amide bonds. The van der Waals surface area contributed by atoms with Crippen LogP contribution in [0.1, 0.15) is 12.8 Å². The molecule has 0 saturated carbocycles. The Kier molecular flexibility index (Phi) is 4.41. The molecule has 0 saturated heterocycles. The molecule has 0 spiro atoms. The van der Waals surface area contributed by atoms with E-state index in [1.54, 1.807) is 0 Å². The molecule has 0 fully saturated rings. The van der Waals surface area contributed by atoms with E-state index < -0.39 is 0 Å². The van der Waals surface area contributed by atoms with Crippen molar-refractivity contribution in [1.29, 1.82) is 0 Å². The number of halogens is 1. The van der Waals surface area contributed by atoms with Crippen LogP contribution in [0, 0.1) is 0 Å². The summed E-state index contributed by atoms with van der Waals surface area (Å²) in [5, 5.41) is 4.06. The van der Waals surface area contributed by atoms with E-state index in [-0.39, 0.29) is 0 Å². The molecule has 0 aromatic heterocycles. The van der Waals surface area contributed by atoms with Crippen LogP contribution in [0.3, 0.4) is 0 Å². The Morgan fingerprint density at radius 3 is 3.00 bits per heavy atom. The quantitative estimate of drug-likeness (QED) is 0.558. The molecule has 1 rings (SSSR count). The minimum atomic E-state index is 0.772. The van der Waals surface area contributed by atoms with Crippen molar-refractivity contribution in [2.75, 3.05) is 11.9 Å². The van der Waals surface area contributed by atoms with Crippen molar-refractivity contribution in [3.63, 3.8) is 0 Å². The molecule has 1 aromatic carbocycles. The zero-order valence-electron chi connectivity index (χ0n) is 7.59.